The Balaban J connectivity index is 1.52. The summed E-state index contributed by atoms with van der Waals surface area (Å²) >= 11 is 0. The molecule has 0 spiro atoms. The molecule has 1 aromatic heterocycles. The fourth-order valence-corrected chi connectivity index (χ4v) is 4.74. The average molecular weight is 493 g/mol. The van der Waals surface area contributed by atoms with Crippen molar-refractivity contribution in [3.05, 3.63) is 35.5 Å². The van der Waals surface area contributed by atoms with Gasteiger partial charge in [0, 0.05) is 56.1 Å². The number of ether oxygens (including phenoxy) is 1. The van der Waals surface area contributed by atoms with Crippen molar-refractivity contribution >= 4 is 17.3 Å². The number of nitrogens with zero attached hydrogens (tertiary/aromatic N) is 6. The van der Waals surface area contributed by atoms with Gasteiger partial charge in [-0.05, 0) is 37.2 Å². The SMILES string of the molecule is CCN(CCOC)CCN1N=C(C)CC1Nc1nccc(-c2cc(C#N)c3c(c2)[C@@](C)(CO)CN3)n1. The van der Waals surface area contributed by atoms with Crippen molar-refractivity contribution < 1.29 is 9.84 Å². The fourth-order valence-electron chi connectivity index (χ4n) is 4.74. The maximum Gasteiger partial charge on any atom is 0.224 e. The minimum absolute atomic E-state index is 0.00427. The average Bonchev–Trinajstić information content (AvgIpc) is 3.42. The lowest BCUT2D eigenvalue weighted by Crippen LogP contribution is -2.40. The monoisotopic (exact) mass is 492 g/mol. The molecular weight excluding hydrogens is 456 g/mol. The highest BCUT2D eigenvalue weighted by Gasteiger charge is 2.36. The van der Waals surface area contributed by atoms with Crippen LogP contribution in [0.5, 0.6) is 0 Å². The summed E-state index contributed by atoms with van der Waals surface area (Å²) in [5.74, 6) is 0.515. The van der Waals surface area contributed by atoms with Gasteiger partial charge in [0.05, 0.1) is 36.7 Å². The molecule has 0 aliphatic carbocycles. The third kappa shape index (κ3) is 5.43. The number of methoxy groups -OCH3 is 1. The van der Waals surface area contributed by atoms with E-state index in [0.29, 0.717) is 24.7 Å². The number of benzene rings is 1. The Hall–Kier alpha value is -3.26. The van der Waals surface area contributed by atoms with Gasteiger partial charge in [0.1, 0.15) is 12.2 Å². The molecule has 1 aromatic carbocycles. The van der Waals surface area contributed by atoms with Crippen LogP contribution < -0.4 is 10.6 Å². The zero-order chi connectivity index (χ0) is 25.7. The number of likely N-dealkylation sites (N-methyl/N-ethyl adjacent to an activating group) is 1. The van der Waals surface area contributed by atoms with E-state index in [2.05, 4.69) is 38.5 Å². The van der Waals surface area contributed by atoms with Crippen molar-refractivity contribution in [1.82, 2.24) is 19.9 Å². The number of hydrogen-bond acceptors (Lipinski definition) is 10. The lowest BCUT2D eigenvalue weighted by atomic mass is 9.83. The Labute approximate surface area is 213 Å². The summed E-state index contributed by atoms with van der Waals surface area (Å²) in [6.07, 6.45) is 2.48. The van der Waals surface area contributed by atoms with E-state index in [1.165, 1.54) is 0 Å². The van der Waals surface area contributed by atoms with Crippen molar-refractivity contribution in [1.29, 1.82) is 5.26 Å². The Morgan fingerprint density at radius 3 is 2.94 bits per heavy atom. The number of anilines is 2. The molecule has 1 unspecified atom stereocenters. The molecule has 2 atom stereocenters. The number of fused-ring (bicyclic) bond motifs is 1. The molecule has 2 aliphatic heterocycles. The van der Waals surface area contributed by atoms with Crippen molar-refractivity contribution in [2.75, 3.05) is 63.7 Å². The second kappa shape index (κ2) is 11.2. The normalized spacial score (nSPS) is 20.8. The molecule has 0 fully saturated rings. The van der Waals surface area contributed by atoms with E-state index in [-0.39, 0.29) is 12.8 Å². The van der Waals surface area contributed by atoms with Gasteiger partial charge < -0.3 is 20.5 Å². The van der Waals surface area contributed by atoms with Crippen molar-refractivity contribution in [2.45, 2.75) is 38.8 Å². The standard InChI is InChI=1S/C26H36N8O2/c1-5-33(10-11-36-4)8-9-34-23(12-18(2)32-34)31-25-28-7-6-22(30-25)19-13-20(15-27)24-21(14-19)26(3,17-35)16-29-24/h6-7,13-14,23,29,35H,5,8-12,16-17H2,1-4H3,(H,28,30,31)/t23?,26-/m1/s1. The van der Waals surface area contributed by atoms with Gasteiger partial charge in [-0.3, -0.25) is 9.91 Å². The second-order valence-corrected chi connectivity index (χ2v) is 9.69. The first-order valence-electron chi connectivity index (χ1n) is 12.5. The first kappa shape index (κ1) is 25.8. The number of aliphatic hydroxyl groups is 1. The summed E-state index contributed by atoms with van der Waals surface area (Å²) in [6.45, 7) is 11.0. The Bertz CT molecular complexity index is 1150. The molecule has 10 nitrogen and oxygen atoms in total. The van der Waals surface area contributed by atoms with Crippen LogP contribution in [0.15, 0.2) is 29.5 Å². The minimum Gasteiger partial charge on any atom is -0.395 e. The van der Waals surface area contributed by atoms with Gasteiger partial charge in [0.15, 0.2) is 0 Å². The first-order chi connectivity index (χ1) is 17.4. The zero-order valence-electron chi connectivity index (χ0n) is 21.6. The molecular formula is C26H36N8O2. The molecule has 0 bridgehead atoms. The molecule has 0 amide bonds. The number of nitriles is 1. The van der Waals surface area contributed by atoms with Crippen LogP contribution in [0.1, 0.15) is 38.3 Å². The maximum atomic E-state index is 10.00. The first-order valence-corrected chi connectivity index (χ1v) is 12.5. The number of rotatable bonds is 11. The van der Waals surface area contributed by atoms with Crippen molar-refractivity contribution in [3.63, 3.8) is 0 Å². The molecule has 0 saturated heterocycles. The predicted octanol–water partition coefficient (Wildman–Crippen LogP) is 2.48. The van der Waals surface area contributed by atoms with Crippen LogP contribution in [0.2, 0.25) is 0 Å². The molecule has 2 aliphatic rings. The fraction of sp³-hybridized carbons (Fsp3) is 0.538. The Kier molecular flexibility index (Phi) is 8.04. The van der Waals surface area contributed by atoms with Crippen molar-refractivity contribution in [2.24, 2.45) is 5.10 Å². The van der Waals surface area contributed by atoms with Gasteiger partial charge in [-0.1, -0.05) is 13.8 Å². The minimum atomic E-state index is -0.445. The van der Waals surface area contributed by atoms with Gasteiger partial charge in [-0.15, -0.1) is 0 Å². The zero-order valence-corrected chi connectivity index (χ0v) is 21.6. The van der Waals surface area contributed by atoms with E-state index in [0.717, 1.165) is 60.8 Å². The molecule has 2 aromatic rings. The van der Waals surface area contributed by atoms with Crippen LogP contribution in [0.3, 0.4) is 0 Å². The van der Waals surface area contributed by atoms with Gasteiger partial charge in [0.25, 0.3) is 0 Å². The van der Waals surface area contributed by atoms with E-state index in [1.54, 1.807) is 13.3 Å². The highest BCUT2D eigenvalue weighted by molar-refractivity contribution is 5.84. The molecule has 192 valence electrons. The predicted molar refractivity (Wildman–Crippen MR) is 141 cm³/mol. The summed E-state index contributed by atoms with van der Waals surface area (Å²) in [5, 5.41) is 33.3. The largest absolute Gasteiger partial charge is 0.395 e. The number of aromatic nitrogens is 2. The van der Waals surface area contributed by atoms with Crippen LogP contribution in [0, 0.1) is 11.3 Å². The Morgan fingerprint density at radius 1 is 1.39 bits per heavy atom. The van der Waals surface area contributed by atoms with Crippen LogP contribution in [-0.2, 0) is 10.2 Å². The summed E-state index contributed by atoms with van der Waals surface area (Å²) < 4.78 is 5.22. The smallest absolute Gasteiger partial charge is 0.224 e. The van der Waals surface area contributed by atoms with Gasteiger partial charge in [-0.2, -0.15) is 10.4 Å². The van der Waals surface area contributed by atoms with E-state index in [1.807, 2.05) is 32.0 Å². The van der Waals surface area contributed by atoms with Crippen LogP contribution >= 0.6 is 0 Å². The molecule has 36 heavy (non-hydrogen) atoms. The second-order valence-electron chi connectivity index (χ2n) is 9.69. The molecule has 0 radical (unpaired) electrons. The quantitative estimate of drug-likeness (QED) is 0.434. The summed E-state index contributed by atoms with van der Waals surface area (Å²) in [4.78, 5) is 11.6. The highest BCUT2D eigenvalue weighted by atomic mass is 16.5. The lowest BCUT2D eigenvalue weighted by molar-refractivity contribution is 0.136. The lowest BCUT2D eigenvalue weighted by Gasteiger charge is -2.28. The van der Waals surface area contributed by atoms with Gasteiger partial charge in [0.2, 0.25) is 5.95 Å². The van der Waals surface area contributed by atoms with E-state index in [9.17, 15) is 10.4 Å². The topological polar surface area (TPSA) is 122 Å². The summed E-state index contributed by atoms with van der Waals surface area (Å²) in [5.41, 5.74) is 4.45. The summed E-state index contributed by atoms with van der Waals surface area (Å²) in [6, 6.07) is 7.99. The number of nitrogens with one attached hydrogen (secondary N) is 2. The number of aliphatic hydroxyl groups excluding tert-OH is 1. The van der Waals surface area contributed by atoms with Gasteiger partial charge in [-0.25, -0.2) is 9.97 Å². The van der Waals surface area contributed by atoms with Crippen LogP contribution in [0.25, 0.3) is 11.3 Å². The highest BCUT2D eigenvalue weighted by Crippen LogP contribution is 2.41. The maximum absolute atomic E-state index is 10.00. The molecule has 10 heteroatoms. The Morgan fingerprint density at radius 2 is 2.22 bits per heavy atom. The van der Waals surface area contributed by atoms with E-state index < -0.39 is 5.41 Å². The van der Waals surface area contributed by atoms with E-state index in [4.69, 9.17) is 14.8 Å². The van der Waals surface area contributed by atoms with E-state index >= 15 is 0 Å². The van der Waals surface area contributed by atoms with Crippen molar-refractivity contribution in [3.8, 4) is 17.3 Å². The molecule has 3 N–H and O–H groups in total. The third-order valence-corrected chi connectivity index (χ3v) is 7.01. The van der Waals surface area contributed by atoms with Crippen LogP contribution in [0.4, 0.5) is 11.6 Å². The third-order valence-electron chi connectivity index (χ3n) is 7.01. The number of hydrazone groups is 1. The molecule has 3 heterocycles. The summed E-state index contributed by atoms with van der Waals surface area (Å²) in [7, 11) is 1.72. The van der Waals surface area contributed by atoms with Gasteiger partial charge >= 0.3 is 0 Å². The molecule has 4 rings (SSSR count). The molecule has 0 saturated carbocycles. The van der Waals surface area contributed by atoms with Crippen LogP contribution in [-0.4, -0.2) is 89.9 Å². The number of hydrogen-bond donors (Lipinski definition) is 3.